The fraction of sp³-hybridized carbons (Fsp3) is 0.263. The summed E-state index contributed by atoms with van der Waals surface area (Å²) < 4.78 is 10.6. The van der Waals surface area contributed by atoms with Crippen molar-refractivity contribution in [2.45, 2.75) is 26.9 Å². The Kier molecular flexibility index (Phi) is 6.77. The SMILES string of the molecule is CCOc1ccccc1NC(=O)[C@H](C)OC(=O)/C=C/c1ccc(C)s1. The topological polar surface area (TPSA) is 64.6 Å². The normalized spacial score (nSPS) is 12.0. The maximum absolute atomic E-state index is 12.2. The lowest BCUT2D eigenvalue weighted by Gasteiger charge is -2.14. The Balaban J connectivity index is 1.91. The summed E-state index contributed by atoms with van der Waals surface area (Å²) in [5.41, 5.74) is 0.543. The van der Waals surface area contributed by atoms with Crippen molar-refractivity contribution in [3.8, 4) is 5.75 Å². The van der Waals surface area contributed by atoms with Crippen LogP contribution in [-0.2, 0) is 14.3 Å². The van der Waals surface area contributed by atoms with Crippen LogP contribution in [0.2, 0.25) is 0 Å². The second kappa shape index (κ2) is 9.03. The Morgan fingerprint density at radius 2 is 2.00 bits per heavy atom. The van der Waals surface area contributed by atoms with E-state index in [-0.39, 0.29) is 0 Å². The number of benzene rings is 1. The summed E-state index contributed by atoms with van der Waals surface area (Å²) in [7, 11) is 0. The molecule has 5 nitrogen and oxygen atoms in total. The fourth-order valence-corrected chi connectivity index (χ4v) is 2.83. The average molecular weight is 359 g/mol. The van der Waals surface area contributed by atoms with Crippen molar-refractivity contribution in [2.24, 2.45) is 0 Å². The molecule has 6 heteroatoms. The number of hydrogen-bond acceptors (Lipinski definition) is 5. The molecule has 0 aliphatic rings. The average Bonchev–Trinajstić information content (AvgIpc) is 3.00. The molecule has 2 aromatic rings. The third kappa shape index (κ3) is 5.76. The zero-order valence-electron chi connectivity index (χ0n) is 14.4. The molecule has 1 aromatic carbocycles. The molecule has 1 heterocycles. The van der Waals surface area contributed by atoms with Gasteiger partial charge in [-0.1, -0.05) is 12.1 Å². The molecule has 1 atom stereocenters. The fourth-order valence-electron chi connectivity index (χ4n) is 2.05. The number of carbonyl (C=O) groups excluding carboxylic acids is 2. The van der Waals surface area contributed by atoms with E-state index in [1.165, 1.54) is 13.0 Å². The lowest BCUT2D eigenvalue weighted by atomic mass is 10.2. The van der Waals surface area contributed by atoms with Gasteiger partial charge in [-0.05, 0) is 51.1 Å². The van der Waals surface area contributed by atoms with Crippen molar-refractivity contribution in [3.05, 3.63) is 52.2 Å². The third-order valence-corrected chi connectivity index (χ3v) is 4.22. The van der Waals surface area contributed by atoms with Gasteiger partial charge in [0.25, 0.3) is 5.91 Å². The molecule has 1 aromatic heterocycles. The van der Waals surface area contributed by atoms with Gasteiger partial charge in [0, 0.05) is 15.8 Å². The van der Waals surface area contributed by atoms with Crippen molar-refractivity contribution in [1.82, 2.24) is 0 Å². The number of hydrogen-bond donors (Lipinski definition) is 1. The molecule has 2 rings (SSSR count). The van der Waals surface area contributed by atoms with Gasteiger partial charge in [-0.2, -0.15) is 0 Å². The minimum Gasteiger partial charge on any atom is -0.492 e. The van der Waals surface area contributed by atoms with Gasteiger partial charge in [0.05, 0.1) is 12.3 Å². The second-order valence-corrected chi connectivity index (χ2v) is 6.60. The molecule has 1 N–H and O–H groups in total. The van der Waals surface area contributed by atoms with Crippen molar-refractivity contribution in [3.63, 3.8) is 0 Å². The van der Waals surface area contributed by atoms with Crippen LogP contribution in [0.4, 0.5) is 5.69 Å². The van der Waals surface area contributed by atoms with E-state index in [9.17, 15) is 9.59 Å². The molecule has 0 aliphatic carbocycles. The van der Waals surface area contributed by atoms with Crippen LogP contribution in [0.25, 0.3) is 6.08 Å². The molecule has 1 amide bonds. The molecule has 0 saturated heterocycles. The Labute approximate surface area is 151 Å². The van der Waals surface area contributed by atoms with E-state index in [1.54, 1.807) is 35.6 Å². The monoisotopic (exact) mass is 359 g/mol. The summed E-state index contributed by atoms with van der Waals surface area (Å²) in [6.07, 6.45) is 2.08. The lowest BCUT2D eigenvalue weighted by Crippen LogP contribution is -2.29. The maximum atomic E-state index is 12.2. The number of amides is 1. The van der Waals surface area contributed by atoms with Crippen LogP contribution in [0.1, 0.15) is 23.6 Å². The van der Waals surface area contributed by atoms with Gasteiger partial charge >= 0.3 is 5.97 Å². The van der Waals surface area contributed by atoms with Crippen molar-refractivity contribution < 1.29 is 19.1 Å². The van der Waals surface area contributed by atoms with E-state index in [0.717, 1.165) is 9.75 Å². The highest BCUT2D eigenvalue weighted by Crippen LogP contribution is 2.24. The number of ether oxygens (including phenoxy) is 2. The Morgan fingerprint density at radius 1 is 1.24 bits per heavy atom. The first-order chi connectivity index (χ1) is 12.0. The summed E-state index contributed by atoms with van der Waals surface area (Å²) in [5, 5.41) is 2.71. The van der Waals surface area contributed by atoms with E-state index in [2.05, 4.69) is 5.32 Å². The van der Waals surface area contributed by atoms with Crippen molar-refractivity contribution in [2.75, 3.05) is 11.9 Å². The van der Waals surface area contributed by atoms with Gasteiger partial charge < -0.3 is 14.8 Å². The number of anilines is 1. The number of aryl methyl sites for hydroxylation is 1. The highest BCUT2D eigenvalue weighted by Gasteiger charge is 2.18. The Bertz CT molecular complexity index is 766. The summed E-state index contributed by atoms with van der Waals surface area (Å²) in [4.78, 5) is 26.2. The largest absolute Gasteiger partial charge is 0.492 e. The molecular weight excluding hydrogens is 338 g/mol. The number of carbonyl (C=O) groups is 2. The van der Waals surface area contributed by atoms with Gasteiger partial charge in [0.15, 0.2) is 6.10 Å². The summed E-state index contributed by atoms with van der Waals surface area (Å²) in [6.45, 7) is 5.88. The molecule has 0 bridgehead atoms. The molecule has 0 unspecified atom stereocenters. The van der Waals surface area contributed by atoms with Crippen LogP contribution in [0.3, 0.4) is 0 Å². The van der Waals surface area contributed by atoms with E-state index in [1.807, 2.05) is 32.0 Å². The van der Waals surface area contributed by atoms with Gasteiger partial charge in [0.2, 0.25) is 0 Å². The van der Waals surface area contributed by atoms with E-state index in [4.69, 9.17) is 9.47 Å². The number of para-hydroxylation sites is 2. The Morgan fingerprint density at radius 3 is 2.68 bits per heavy atom. The van der Waals surface area contributed by atoms with Crippen molar-refractivity contribution in [1.29, 1.82) is 0 Å². The molecule has 0 fully saturated rings. The van der Waals surface area contributed by atoms with E-state index < -0.39 is 18.0 Å². The lowest BCUT2D eigenvalue weighted by molar-refractivity contribution is -0.148. The molecule has 0 aliphatic heterocycles. The quantitative estimate of drug-likeness (QED) is 0.599. The zero-order valence-corrected chi connectivity index (χ0v) is 15.3. The van der Waals surface area contributed by atoms with Crippen LogP contribution in [0.5, 0.6) is 5.75 Å². The minimum atomic E-state index is -0.920. The van der Waals surface area contributed by atoms with Gasteiger partial charge in [-0.25, -0.2) is 4.79 Å². The highest BCUT2D eigenvalue weighted by atomic mass is 32.1. The maximum Gasteiger partial charge on any atom is 0.331 e. The highest BCUT2D eigenvalue weighted by molar-refractivity contribution is 7.12. The molecule has 25 heavy (non-hydrogen) atoms. The van der Waals surface area contributed by atoms with Crippen LogP contribution in [-0.4, -0.2) is 24.6 Å². The second-order valence-electron chi connectivity index (χ2n) is 5.28. The van der Waals surface area contributed by atoms with Gasteiger partial charge in [0.1, 0.15) is 5.75 Å². The number of esters is 1. The Hall–Kier alpha value is -2.60. The first kappa shape index (κ1) is 18.7. The zero-order chi connectivity index (χ0) is 18.2. The van der Waals surface area contributed by atoms with Crippen LogP contribution in [0, 0.1) is 6.92 Å². The first-order valence-corrected chi connectivity index (χ1v) is 8.79. The molecule has 0 spiro atoms. The number of thiophene rings is 1. The van der Waals surface area contributed by atoms with Gasteiger partial charge in [-0.3, -0.25) is 4.79 Å². The molecular formula is C19H21NO4S. The molecule has 132 valence electrons. The predicted octanol–water partition coefficient (Wildman–Crippen LogP) is 4.04. The number of rotatable bonds is 7. The third-order valence-electron chi connectivity index (χ3n) is 3.25. The van der Waals surface area contributed by atoms with Crippen LogP contribution < -0.4 is 10.1 Å². The summed E-state index contributed by atoms with van der Waals surface area (Å²) in [6, 6.07) is 11.0. The predicted molar refractivity (Wildman–Crippen MR) is 99.9 cm³/mol. The van der Waals surface area contributed by atoms with E-state index in [0.29, 0.717) is 18.0 Å². The summed E-state index contributed by atoms with van der Waals surface area (Å²) in [5.74, 6) is -0.405. The smallest absolute Gasteiger partial charge is 0.331 e. The van der Waals surface area contributed by atoms with Crippen molar-refractivity contribution >= 4 is 35.0 Å². The summed E-state index contributed by atoms with van der Waals surface area (Å²) >= 11 is 1.58. The number of nitrogens with one attached hydrogen (secondary N) is 1. The first-order valence-electron chi connectivity index (χ1n) is 7.97. The molecule has 0 saturated carbocycles. The minimum absolute atomic E-state index is 0.416. The standard InChI is InChI=1S/C19H21NO4S/c1-4-23-17-8-6-5-7-16(17)20-19(22)14(3)24-18(21)12-11-15-10-9-13(2)25-15/h5-12,14H,4H2,1-3H3,(H,20,22)/b12-11+/t14-/m0/s1. The molecule has 0 radical (unpaired) electrons. The van der Waals surface area contributed by atoms with Gasteiger partial charge in [-0.15, -0.1) is 11.3 Å². The van der Waals surface area contributed by atoms with E-state index >= 15 is 0 Å². The van der Waals surface area contributed by atoms with Crippen LogP contribution in [0.15, 0.2) is 42.5 Å². The van der Waals surface area contributed by atoms with Crippen LogP contribution >= 0.6 is 11.3 Å².